The number of rotatable bonds is 7. The van der Waals surface area contributed by atoms with Crippen molar-refractivity contribution in [3.63, 3.8) is 0 Å². The first kappa shape index (κ1) is 16.1. The molecular formula is C14H20N2O4. The molecule has 0 radical (unpaired) electrons. The average Bonchev–Trinajstić information content (AvgIpc) is 2.47. The average molecular weight is 280 g/mol. The molecule has 0 heterocycles. The minimum absolute atomic E-state index is 0.0184. The van der Waals surface area contributed by atoms with Crippen LogP contribution in [0.1, 0.15) is 11.1 Å². The Labute approximate surface area is 118 Å². The summed E-state index contributed by atoms with van der Waals surface area (Å²) in [7, 11) is 2.62. The van der Waals surface area contributed by atoms with Crippen LogP contribution in [0.2, 0.25) is 0 Å². The van der Waals surface area contributed by atoms with E-state index >= 15 is 0 Å². The zero-order chi connectivity index (χ0) is 15.0. The van der Waals surface area contributed by atoms with Crippen LogP contribution < -0.4 is 5.73 Å². The molecule has 0 aliphatic heterocycles. The van der Waals surface area contributed by atoms with Crippen molar-refractivity contribution in [2.75, 3.05) is 27.3 Å². The predicted octanol–water partition coefficient (Wildman–Crippen LogP) is 0.293. The van der Waals surface area contributed by atoms with Crippen molar-refractivity contribution < 1.29 is 19.1 Å². The van der Waals surface area contributed by atoms with Gasteiger partial charge >= 0.3 is 11.9 Å². The van der Waals surface area contributed by atoms with Crippen molar-refractivity contribution in [2.24, 2.45) is 5.73 Å². The lowest BCUT2D eigenvalue weighted by Crippen LogP contribution is -2.35. The molecule has 0 saturated carbocycles. The van der Waals surface area contributed by atoms with Gasteiger partial charge in [0.1, 0.15) is 0 Å². The highest BCUT2D eigenvalue weighted by atomic mass is 16.5. The summed E-state index contributed by atoms with van der Waals surface area (Å²) in [6, 6.07) is 7.63. The zero-order valence-electron chi connectivity index (χ0n) is 11.8. The normalized spacial score (nSPS) is 10.4. The topological polar surface area (TPSA) is 81.9 Å². The molecule has 0 aliphatic rings. The summed E-state index contributed by atoms with van der Waals surface area (Å²) in [4.78, 5) is 24.5. The Morgan fingerprint density at radius 3 is 2.00 bits per heavy atom. The van der Waals surface area contributed by atoms with Crippen LogP contribution in [0.4, 0.5) is 0 Å². The van der Waals surface area contributed by atoms with Gasteiger partial charge in [0, 0.05) is 13.1 Å². The van der Waals surface area contributed by atoms with Crippen LogP contribution in [-0.2, 0) is 32.2 Å². The van der Waals surface area contributed by atoms with Gasteiger partial charge in [-0.05, 0) is 11.1 Å². The summed E-state index contributed by atoms with van der Waals surface area (Å²) >= 11 is 0. The molecule has 0 bridgehead atoms. The van der Waals surface area contributed by atoms with Crippen LogP contribution in [0.25, 0.3) is 0 Å². The SMILES string of the molecule is COC(=O)CN(CC(=O)OC)Cc1ccccc1CN. The molecule has 1 rings (SSSR count). The quantitative estimate of drug-likeness (QED) is 0.723. The molecule has 110 valence electrons. The molecule has 0 unspecified atom stereocenters. The lowest BCUT2D eigenvalue weighted by molar-refractivity contribution is -0.145. The molecule has 1 aromatic carbocycles. The van der Waals surface area contributed by atoms with E-state index in [4.69, 9.17) is 5.73 Å². The van der Waals surface area contributed by atoms with Gasteiger partial charge < -0.3 is 15.2 Å². The van der Waals surface area contributed by atoms with E-state index in [-0.39, 0.29) is 13.1 Å². The summed E-state index contributed by atoms with van der Waals surface area (Å²) in [6.45, 7) is 0.868. The minimum Gasteiger partial charge on any atom is -0.468 e. The van der Waals surface area contributed by atoms with Crippen LogP contribution in [-0.4, -0.2) is 44.1 Å². The fraction of sp³-hybridized carbons (Fsp3) is 0.429. The molecule has 0 saturated heterocycles. The van der Waals surface area contributed by atoms with E-state index in [2.05, 4.69) is 9.47 Å². The second kappa shape index (κ2) is 8.29. The number of methoxy groups -OCH3 is 2. The third-order valence-corrected chi connectivity index (χ3v) is 2.89. The van der Waals surface area contributed by atoms with Crippen LogP contribution >= 0.6 is 0 Å². The maximum absolute atomic E-state index is 11.4. The zero-order valence-corrected chi connectivity index (χ0v) is 11.8. The second-order valence-electron chi connectivity index (χ2n) is 4.27. The Morgan fingerprint density at radius 1 is 1.05 bits per heavy atom. The summed E-state index contributed by atoms with van der Waals surface area (Å²) < 4.78 is 9.27. The van der Waals surface area contributed by atoms with E-state index < -0.39 is 11.9 Å². The number of esters is 2. The van der Waals surface area contributed by atoms with Gasteiger partial charge in [-0.25, -0.2) is 0 Å². The van der Waals surface area contributed by atoms with Crippen LogP contribution in [0, 0.1) is 0 Å². The van der Waals surface area contributed by atoms with Crippen molar-refractivity contribution in [1.29, 1.82) is 0 Å². The number of carbonyl (C=O) groups is 2. The molecule has 2 N–H and O–H groups in total. The summed E-state index contributed by atoms with van der Waals surface area (Å²) in [6.07, 6.45) is 0. The van der Waals surface area contributed by atoms with E-state index in [1.54, 1.807) is 4.90 Å². The molecule has 0 atom stereocenters. The third-order valence-electron chi connectivity index (χ3n) is 2.89. The number of nitrogens with two attached hydrogens (primary N) is 1. The van der Waals surface area contributed by atoms with Gasteiger partial charge in [0.2, 0.25) is 0 Å². The molecule has 0 spiro atoms. The molecule has 0 amide bonds. The predicted molar refractivity (Wildman–Crippen MR) is 73.6 cm³/mol. The maximum Gasteiger partial charge on any atom is 0.319 e. The van der Waals surface area contributed by atoms with E-state index in [1.807, 2.05) is 24.3 Å². The smallest absolute Gasteiger partial charge is 0.319 e. The van der Waals surface area contributed by atoms with Gasteiger partial charge in [0.05, 0.1) is 27.3 Å². The van der Waals surface area contributed by atoms with E-state index in [0.717, 1.165) is 11.1 Å². The molecule has 6 heteroatoms. The van der Waals surface area contributed by atoms with Crippen LogP contribution in [0.5, 0.6) is 0 Å². The second-order valence-corrected chi connectivity index (χ2v) is 4.27. The number of nitrogens with zero attached hydrogens (tertiary/aromatic N) is 1. The van der Waals surface area contributed by atoms with E-state index in [0.29, 0.717) is 13.1 Å². The lowest BCUT2D eigenvalue weighted by atomic mass is 10.1. The Bertz CT molecular complexity index is 444. The Morgan fingerprint density at radius 2 is 1.55 bits per heavy atom. The van der Waals surface area contributed by atoms with E-state index in [9.17, 15) is 9.59 Å². The van der Waals surface area contributed by atoms with Gasteiger partial charge in [-0.1, -0.05) is 24.3 Å². The highest BCUT2D eigenvalue weighted by molar-refractivity contribution is 5.74. The molecule has 20 heavy (non-hydrogen) atoms. The highest BCUT2D eigenvalue weighted by Crippen LogP contribution is 2.11. The van der Waals surface area contributed by atoms with Gasteiger partial charge in [-0.3, -0.25) is 14.5 Å². The van der Waals surface area contributed by atoms with Crippen LogP contribution in [0.15, 0.2) is 24.3 Å². The summed E-state index contributed by atoms with van der Waals surface area (Å²) in [5.74, 6) is -0.807. The van der Waals surface area contributed by atoms with Gasteiger partial charge in [0.15, 0.2) is 0 Å². The third kappa shape index (κ3) is 4.99. The van der Waals surface area contributed by atoms with Crippen molar-refractivity contribution in [3.8, 4) is 0 Å². The number of ether oxygens (including phenoxy) is 2. The van der Waals surface area contributed by atoms with Gasteiger partial charge in [-0.2, -0.15) is 0 Å². The number of hydrogen-bond donors (Lipinski definition) is 1. The van der Waals surface area contributed by atoms with Crippen molar-refractivity contribution in [2.45, 2.75) is 13.1 Å². The molecule has 0 fully saturated rings. The molecular weight excluding hydrogens is 260 g/mol. The largest absolute Gasteiger partial charge is 0.468 e. The standard InChI is InChI=1S/C14H20N2O4/c1-19-13(17)9-16(10-14(18)20-2)8-12-6-4-3-5-11(12)7-15/h3-6H,7-10,15H2,1-2H3. The van der Waals surface area contributed by atoms with Crippen molar-refractivity contribution >= 4 is 11.9 Å². The molecule has 1 aromatic rings. The fourth-order valence-corrected chi connectivity index (χ4v) is 1.81. The van der Waals surface area contributed by atoms with Gasteiger partial charge in [0.25, 0.3) is 0 Å². The lowest BCUT2D eigenvalue weighted by Gasteiger charge is -2.21. The summed E-state index contributed by atoms with van der Waals surface area (Å²) in [5.41, 5.74) is 7.63. The molecule has 0 aliphatic carbocycles. The monoisotopic (exact) mass is 280 g/mol. The highest BCUT2D eigenvalue weighted by Gasteiger charge is 2.16. The van der Waals surface area contributed by atoms with Crippen LogP contribution in [0.3, 0.4) is 0 Å². The first-order valence-corrected chi connectivity index (χ1v) is 6.23. The number of hydrogen-bond acceptors (Lipinski definition) is 6. The molecule has 0 aromatic heterocycles. The number of carbonyl (C=O) groups excluding carboxylic acids is 2. The Kier molecular flexibility index (Phi) is 6.69. The van der Waals surface area contributed by atoms with Gasteiger partial charge in [-0.15, -0.1) is 0 Å². The molecule has 6 nitrogen and oxygen atoms in total. The van der Waals surface area contributed by atoms with E-state index in [1.165, 1.54) is 14.2 Å². The fourth-order valence-electron chi connectivity index (χ4n) is 1.81. The Balaban J connectivity index is 2.81. The van der Waals surface area contributed by atoms with Crippen molar-refractivity contribution in [3.05, 3.63) is 35.4 Å². The maximum atomic E-state index is 11.4. The minimum atomic E-state index is -0.404. The van der Waals surface area contributed by atoms with Crippen molar-refractivity contribution in [1.82, 2.24) is 4.90 Å². The first-order chi connectivity index (χ1) is 9.60. The Hall–Kier alpha value is -1.92. The summed E-state index contributed by atoms with van der Waals surface area (Å²) in [5, 5.41) is 0. The number of benzene rings is 1. The first-order valence-electron chi connectivity index (χ1n) is 6.23.